The number of hydrogen-bond acceptors (Lipinski definition) is 3. The summed E-state index contributed by atoms with van der Waals surface area (Å²) >= 11 is 0. The van der Waals surface area contributed by atoms with E-state index in [1.165, 1.54) is 5.69 Å². The van der Waals surface area contributed by atoms with Gasteiger partial charge in [-0.05, 0) is 32.0 Å². The van der Waals surface area contributed by atoms with Crippen LogP contribution in [0.1, 0.15) is 31.3 Å². The van der Waals surface area contributed by atoms with Crippen LogP contribution in [-0.2, 0) is 13.1 Å². The second-order valence-electron chi connectivity index (χ2n) is 3.76. The number of rotatable bonds is 5. The molecule has 16 heavy (non-hydrogen) atoms. The van der Waals surface area contributed by atoms with E-state index >= 15 is 0 Å². The fourth-order valence-corrected chi connectivity index (χ4v) is 1.69. The van der Waals surface area contributed by atoms with E-state index in [0.29, 0.717) is 0 Å². The van der Waals surface area contributed by atoms with Crippen LogP contribution in [0.4, 0.5) is 0 Å². The summed E-state index contributed by atoms with van der Waals surface area (Å²) in [4.78, 5) is 0. The molecule has 4 nitrogen and oxygen atoms in total. The lowest BCUT2D eigenvalue weighted by molar-refractivity contribution is 0.424. The predicted molar refractivity (Wildman–Crippen MR) is 61.9 cm³/mol. The number of hydrogen-bond donors (Lipinski definition) is 1. The molecule has 0 amide bonds. The highest BCUT2D eigenvalue weighted by Crippen LogP contribution is 2.12. The summed E-state index contributed by atoms with van der Waals surface area (Å²) in [6.07, 6.45) is 3.53. The summed E-state index contributed by atoms with van der Waals surface area (Å²) in [6, 6.07) is 6.14. The Bertz CT molecular complexity index is 419. The Hall–Kier alpha value is -1.55. The molecule has 1 atom stereocenters. The third-order valence-electron chi connectivity index (χ3n) is 2.66. The van der Waals surface area contributed by atoms with Crippen LogP contribution in [0.5, 0.6) is 0 Å². The van der Waals surface area contributed by atoms with Crippen molar-refractivity contribution in [2.24, 2.45) is 0 Å². The van der Waals surface area contributed by atoms with Gasteiger partial charge in [0.15, 0.2) is 0 Å². The Balaban J connectivity index is 1.92. The number of nitrogens with one attached hydrogen (secondary N) is 1. The van der Waals surface area contributed by atoms with Crippen molar-refractivity contribution in [3.05, 3.63) is 42.1 Å². The Labute approximate surface area is 95.3 Å². The van der Waals surface area contributed by atoms with Crippen molar-refractivity contribution in [2.45, 2.75) is 33.0 Å². The fraction of sp³-hybridized carbons (Fsp3) is 0.417. The van der Waals surface area contributed by atoms with Gasteiger partial charge < -0.3 is 9.73 Å². The Morgan fingerprint density at radius 3 is 3.06 bits per heavy atom. The molecule has 2 rings (SSSR count). The van der Waals surface area contributed by atoms with Crippen molar-refractivity contribution in [2.75, 3.05) is 0 Å². The Morgan fingerprint density at radius 1 is 1.50 bits per heavy atom. The van der Waals surface area contributed by atoms with Crippen LogP contribution in [0.2, 0.25) is 0 Å². The lowest BCUT2D eigenvalue weighted by atomic mass is 10.2. The van der Waals surface area contributed by atoms with Gasteiger partial charge in [0.05, 0.1) is 18.0 Å². The molecule has 2 heterocycles. The monoisotopic (exact) mass is 219 g/mol. The first kappa shape index (κ1) is 11.0. The van der Waals surface area contributed by atoms with Crippen LogP contribution in [0.25, 0.3) is 0 Å². The van der Waals surface area contributed by atoms with Crippen LogP contribution < -0.4 is 5.32 Å². The van der Waals surface area contributed by atoms with Crippen molar-refractivity contribution in [3.63, 3.8) is 0 Å². The summed E-state index contributed by atoms with van der Waals surface area (Å²) in [5.41, 5.74) is 1.20. The fourth-order valence-electron chi connectivity index (χ4n) is 1.69. The second-order valence-corrected chi connectivity index (χ2v) is 3.76. The molecule has 2 aromatic rings. The summed E-state index contributed by atoms with van der Waals surface area (Å²) in [6.45, 7) is 5.88. The van der Waals surface area contributed by atoms with Crippen LogP contribution in [0.15, 0.2) is 35.1 Å². The molecule has 0 aliphatic carbocycles. The van der Waals surface area contributed by atoms with Gasteiger partial charge in [-0.15, -0.1) is 0 Å². The maximum absolute atomic E-state index is 5.34. The minimum absolute atomic E-state index is 0.218. The summed E-state index contributed by atoms with van der Waals surface area (Å²) in [7, 11) is 0. The number of aromatic nitrogens is 2. The minimum atomic E-state index is 0.218. The van der Waals surface area contributed by atoms with Gasteiger partial charge in [-0.25, -0.2) is 0 Å². The Kier molecular flexibility index (Phi) is 3.41. The molecular formula is C12H17N3O. The van der Waals surface area contributed by atoms with Crippen molar-refractivity contribution >= 4 is 0 Å². The topological polar surface area (TPSA) is 43.0 Å². The van der Waals surface area contributed by atoms with Gasteiger partial charge >= 0.3 is 0 Å². The molecule has 86 valence electrons. The maximum Gasteiger partial charge on any atom is 0.120 e. The van der Waals surface area contributed by atoms with E-state index < -0.39 is 0 Å². The molecule has 0 bridgehead atoms. The molecular weight excluding hydrogens is 202 g/mol. The largest absolute Gasteiger partial charge is 0.468 e. The van der Waals surface area contributed by atoms with Crippen LogP contribution in [-0.4, -0.2) is 9.78 Å². The van der Waals surface area contributed by atoms with Gasteiger partial charge in [-0.3, -0.25) is 4.68 Å². The standard InChI is InChI=1S/C12H17N3O/c1-3-15-11(6-7-14-15)9-13-10(2)12-5-4-8-16-12/h4-8,10,13H,3,9H2,1-2H3/t10-/m0/s1. The maximum atomic E-state index is 5.34. The van der Waals surface area contributed by atoms with E-state index in [0.717, 1.165) is 18.8 Å². The quantitative estimate of drug-likeness (QED) is 0.839. The molecule has 0 fully saturated rings. The average Bonchev–Trinajstić information content (AvgIpc) is 2.96. The second kappa shape index (κ2) is 4.99. The van der Waals surface area contributed by atoms with Gasteiger partial charge in [0.1, 0.15) is 5.76 Å². The van der Waals surface area contributed by atoms with Crippen molar-refractivity contribution in [1.82, 2.24) is 15.1 Å². The van der Waals surface area contributed by atoms with Crippen molar-refractivity contribution in [1.29, 1.82) is 0 Å². The highest BCUT2D eigenvalue weighted by atomic mass is 16.3. The van der Waals surface area contributed by atoms with E-state index in [1.54, 1.807) is 6.26 Å². The van der Waals surface area contributed by atoms with Gasteiger partial charge in [0, 0.05) is 19.3 Å². The van der Waals surface area contributed by atoms with E-state index in [9.17, 15) is 0 Å². The lowest BCUT2D eigenvalue weighted by Gasteiger charge is -2.11. The molecule has 0 radical (unpaired) electrons. The van der Waals surface area contributed by atoms with Gasteiger partial charge in [-0.2, -0.15) is 5.10 Å². The first-order valence-electron chi connectivity index (χ1n) is 5.58. The summed E-state index contributed by atoms with van der Waals surface area (Å²) in [5.74, 6) is 0.961. The van der Waals surface area contributed by atoms with Crippen molar-refractivity contribution < 1.29 is 4.42 Å². The third kappa shape index (κ3) is 2.33. The molecule has 0 saturated carbocycles. The van der Waals surface area contributed by atoms with Gasteiger partial charge in [0.2, 0.25) is 0 Å². The average molecular weight is 219 g/mol. The summed E-state index contributed by atoms with van der Waals surface area (Å²) in [5, 5.41) is 7.64. The molecule has 0 aromatic carbocycles. The van der Waals surface area contributed by atoms with Gasteiger partial charge in [-0.1, -0.05) is 0 Å². The van der Waals surface area contributed by atoms with Gasteiger partial charge in [0.25, 0.3) is 0 Å². The molecule has 0 unspecified atom stereocenters. The highest BCUT2D eigenvalue weighted by Gasteiger charge is 2.08. The van der Waals surface area contributed by atoms with Crippen LogP contribution in [0.3, 0.4) is 0 Å². The zero-order valence-corrected chi connectivity index (χ0v) is 9.68. The molecule has 2 aromatic heterocycles. The molecule has 0 aliphatic rings. The van der Waals surface area contributed by atoms with E-state index in [2.05, 4.69) is 24.3 Å². The smallest absolute Gasteiger partial charge is 0.120 e. The summed E-state index contributed by atoms with van der Waals surface area (Å²) < 4.78 is 7.32. The van der Waals surface area contributed by atoms with Crippen LogP contribution >= 0.6 is 0 Å². The molecule has 0 aliphatic heterocycles. The van der Waals surface area contributed by atoms with E-state index in [4.69, 9.17) is 4.42 Å². The van der Waals surface area contributed by atoms with Crippen molar-refractivity contribution in [3.8, 4) is 0 Å². The normalized spacial score (nSPS) is 12.9. The first-order chi connectivity index (χ1) is 7.81. The lowest BCUT2D eigenvalue weighted by Crippen LogP contribution is -2.19. The van der Waals surface area contributed by atoms with E-state index in [1.807, 2.05) is 29.1 Å². The molecule has 4 heteroatoms. The molecule has 1 N–H and O–H groups in total. The Morgan fingerprint density at radius 2 is 2.38 bits per heavy atom. The molecule has 0 saturated heterocycles. The number of nitrogens with zero attached hydrogens (tertiary/aromatic N) is 2. The zero-order valence-electron chi connectivity index (χ0n) is 9.68. The number of aryl methyl sites for hydroxylation is 1. The highest BCUT2D eigenvalue weighted by molar-refractivity contribution is 5.05. The third-order valence-corrected chi connectivity index (χ3v) is 2.66. The first-order valence-corrected chi connectivity index (χ1v) is 5.58. The minimum Gasteiger partial charge on any atom is -0.468 e. The van der Waals surface area contributed by atoms with E-state index in [-0.39, 0.29) is 6.04 Å². The predicted octanol–water partition coefficient (Wildman–Crippen LogP) is 2.35. The zero-order chi connectivity index (χ0) is 11.4. The SMILES string of the molecule is CCn1nccc1CN[C@@H](C)c1ccco1. The molecule has 0 spiro atoms. The number of furan rings is 1. The van der Waals surface area contributed by atoms with Crippen LogP contribution in [0, 0.1) is 0 Å².